The fraction of sp³-hybridized carbons (Fsp3) is 0.312. The standard InChI is InChI=1S/C16H14ClF2NOS/c1-9-7-14(19)22-15(9)16(21)20-6-2-3-13(20)11-8-10(17)4-5-12(11)18/h4-5,7-8,13H,2-3,6H2,1H3. The Morgan fingerprint density at radius 3 is 2.82 bits per heavy atom. The van der Waals surface area contributed by atoms with Crippen LogP contribution in [0.3, 0.4) is 0 Å². The van der Waals surface area contributed by atoms with Gasteiger partial charge in [0.25, 0.3) is 5.91 Å². The molecule has 1 fully saturated rings. The molecule has 1 aromatic heterocycles. The van der Waals surface area contributed by atoms with E-state index < -0.39 is 0 Å². The second-order valence-electron chi connectivity index (χ2n) is 5.39. The van der Waals surface area contributed by atoms with Crippen LogP contribution in [0.4, 0.5) is 8.78 Å². The number of nitrogens with zero attached hydrogens (tertiary/aromatic N) is 1. The number of aryl methyl sites for hydroxylation is 1. The molecular weight excluding hydrogens is 328 g/mol. The molecule has 1 atom stereocenters. The van der Waals surface area contributed by atoms with Crippen LogP contribution in [0, 0.1) is 17.9 Å². The third kappa shape index (κ3) is 2.75. The van der Waals surface area contributed by atoms with Crippen LogP contribution in [-0.4, -0.2) is 17.4 Å². The van der Waals surface area contributed by atoms with Gasteiger partial charge in [0.05, 0.1) is 10.9 Å². The predicted octanol–water partition coefficient (Wildman–Crippen LogP) is 4.97. The van der Waals surface area contributed by atoms with Crippen molar-refractivity contribution in [3.8, 4) is 0 Å². The van der Waals surface area contributed by atoms with Crippen LogP contribution in [0.1, 0.15) is 39.7 Å². The molecule has 1 aromatic carbocycles. The summed E-state index contributed by atoms with van der Waals surface area (Å²) in [5, 5.41) is 0.0552. The quantitative estimate of drug-likeness (QED) is 0.755. The van der Waals surface area contributed by atoms with E-state index in [1.807, 2.05) is 0 Å². The molecule has 0 saturated carbocycles. The van der Waals surface area contributed by atoms with Gasteiger partial charge in [-0.15, -0.1) is 11.3 Å². The molecule has 2 nitrogen and oxygen atoms in total. The van der Waals surface area contributed by atoms with Gasteiger partial charge in [0.1, 0.15) is 5.82 Å². The lowest BCUT2D eigenvalue weighted by atomic mass is 10.0. The normalized spacial score (nSPS) is 18.0. The van der Waals surface area contributed by atoms with Gasteiger partial charge in [-0.2, -0.15) is 4.39 Å². The molecule has 22 heavy (non-hydrogen) atoms. The highest BCUT2D eigenvalue weighted by atomic mass is 35.5. The SMILES string of the molecule is Cc1cc(F)sc1C(=O)N1CCCC1c1cc(Cl)ccc1F. The summed E-state index contributed by atoms with van der Waals surface area (Å²) in [4.78, 5) is 14.7. The summed E-state index contributed by atoms with van der Waals surface area (Å²) < 4.78 is 27.4. The summed E-state index contributed by atoms with van der Waals surface area (Å²) in [6.07, 6.45) is 1.46. The van der Waals surface area contributed by atoms with Crippen molar-refractivity contribution in [2.75, 3.05) is 6.54 Å². The topological polar surface area (TPSA) is 20.3 Å². The minimum Gasteiger partial charge on any atom is -0.331 e. The molecule has 0 radical (unpaired) electrons. The second-order valence-corrected chi connectivity index (χ2v) is 6.82. The van der Waals surface area contributed by atoms with Gasteiger partial charge in [0.15, 0.2) is 5.13 Å². The fourth-order valence-electron chi connectivity index (χ4n) is 2.89. The van der Waals surface area contributed by atoms with Crippen LogP contribution in [0.15, 0.2) is 24.3 Å². The molecule has 1 aliphatic heterocycles. The number of halogens is 3. The number of hydrogen-bond donors (Lipinski definition) is 0. The lowest BCUT2D eigenvalue weighted by Gasteiger charge is -2.25. The first-order chi connectivity index (χ1) is 10.5. The maximum atomic E-state index is 14.1. The molecule has 0 spiro atoms. The third-order valence-corrected chi connectivity index (χ3v) is 5.16. The maximum absolute atomic E-state index is 14.1. The number of amides is 1. The monoisotopic (exact) mass is 341 g/mol. The lowest BCUT2D eigenvalue weighted by molar-refractivity contribution is 0.0738. The van der Waals surface area contributed by atoms with E-state index in [4.69, 9.17) is 11.6 Å². The minimum absolute atomic E-state index is 0.242. The zero-order chi connectivity index (χ0) is 15.9. The van der Waals surface area contributed by atoms with Gasteiger partial charge in [-0.1, -0.05) is 11.6 Å². The van der Waals surface area contributed by atoms with Crippen LogP contribution in [0.5, 0.6) is 0 Å². The number of carbonyl (C=O) groups is 1. The van der Waals surface area contributed by atoms with E-state index in [9.17, 15) is 13.6 Å². The highest BCUT2D eigenvalue weighted by Crippen LogP contribution is 2.36. The van der Waals surface area contributed by atoms with Gasteiger partial charge in [-0.05, 0) is 49.6 Å². The molecule has 2 aromatic rings. The number of carbonyl (C=O) groups excluding carboxylic acids is 1. The highest BCUT2D eigenvalue weighted by molar-refractivity contribution is 7.12. The summed E-state index contributed by atoms with van der Waals surface area (Å²) in [5.41, 5.74) is 1.04. The molecular formula is C16H14ClF2NOS. The molecule has 0 N–H and O–H groups in total. The average Bonchev–Trinajstić information content (AvgIpc) is 3.07. The summed E-state index contributed by atoms with van der Waals surface area (Å²) in [6.45, 7) is 2.24. The fourth-order valence-corrected chi connectivity index (χ4v) is 3.92. The van der Waals surface area contributed by atoms with E-state index in [2.05, 4.69) is 0 Å². The molecule has 2 heterocycles. The average molecular weight is 342 g/mol. The highest BCUT2D eigenvalue weighted by Gasteiger charge is 2.33. The smallest absolute Gasteiger partial charge is 0.264 e. The molecule has 1 unspecified atom stereocenters. The Morgan fingerprint density at radius 2 is 2.14 bits per heavy atom. The molecule has 116 valence electrons. The first-order valence-electron chi connectivity index (χ1n) is 6.99. The molecule has 3 rings (SSSR count). The van der Waals surface area contributed by atoms with Crippen molar-refractivity contribution < 1.29 is 13.6 Å². The van der Waals surface area contributed by atoms with E-state index in [0.29, 0.717) is 34.0 Å². The summed E-state index contributed by atoms with van der Waals surface area (Å²) >= 11 is 6.79. The number of benzene rings is 1. The predicted molar refractivity (Wildman–Crippen MR) is 83.4 cm³/mol. The van der Waals surface area contributed by atoms with E-state index >= 15 is 0 Å². The number of thiophene rings is 1. The van der Waals surface area contributed by atoms with E-state index in [1.165, 1.54) is 18.2 Å². The third-order valence-electron chi connectivity index (χ3n) is 3.91. The zero-order valence-corrected chi connectivity index (χ0v) is 13.5. The number of hydrogen-bond acceptors (Lipinski definition) is 2. The van der Waals surface area contributed by atoms with E-state index in [-0.39, 0.29) is 22.9 Å². The largest absolute Gasteiger partial charge is 0.331 e. The van der Waals surface area contributed by atoms with Crippen LogP contribution in [-0.2, 0) is 0 Å². The van der Waals surface area contributed by atoms with Crippen molar-refractivity contribution in [3.63, 3.8) is 0 Å². The van der Waals surface area contributed by atoms with E-state index in [0.717, 1.165) is 17.8 Å². The first-order valence-corrected chi connectivity index (χ1v) is 8.18. The second kappa shape index (κ2) is 5.97. The van der Waals surface area contributed by atoms with Crippen LogP contribution < -0.4 is 0 Å². The van der Waals surface area contributed by atoms with Gasteiger partial charge >= 0.3 is 0 Å². The molecule has 1 aliphatic rings. The lowest BCUT2D eigenvalue weighted by Crippen LogP contribution is -2.30. The van der Waals surface area contributed by atoms with Crippen molar-refractivity contribution in [1.82, 2.24) is 4.90 Å². The summed E-state index contributed by atoms with van der Waals surface area (Å²) in [5.74, 6) is -0.614. The van der Waals surface area contributed by atoms with Crippen LogP contribution in [0.25, 0.3) is 0 Å². The van der Waals surface area contributed by atoms with Crippen molar-refractivity contribution in [2.45, 2.75) is 25.8 Å². The summed E-state index contributed by atoms with van der Waals surface area (Å²) in [7, 11) is 0. The van der Waals surface area contributed by atoms with Gasteiger partial charge in [-0.25, -0.2) is 4.39 Å². The van der Waals surface area contributed by atoms with Gasteiger partial charge < -0.3 is 4.90 Å². The number of likely N-dealkylation sites (tertiary alicyclic amines) is 1. The minimum atomic E-state index is -0.384. The van der Waals surface area contributed by atoms with Gasteiger partial charge in [0.2, 0.25) is 0 Å². The Kier molecular flexibility index (Phi) is 4.19. The Balaban J connectivity index is 1.95. The maximum Gasteiger partial charge on any atom is 0.264 e. The van der Waals surface area contributed by atoms with E-state index in [1.54, 1.807) is 17.9 Å². The Morgan fingerprint density at radius 1 is 1.36 bits per heavy atom. The van der Waals surface area contributed by atoms with Crippen molar-refractivity contribution in [2.24, 2.45) is 0 Å². The molecule has 1 saturated heterocycles. The Bertz CT molecular complexity index is 731. The zero-order valence-electron chi connectivity index (χ0n) is 11.9. The molecule has 0 aliphatic carbocycles. The Labute approximate surface area is 136 Å². The molecule has 0 bridgehead atoms. The van der Waals surface area contributed by atoms with Crippen molar-refractivity contribution in [1.29, 1.82) is 0 Å². The number of rotatable bonds is 2. The summed E-state index contributed by atoms with van der Waals surface area (Å²) in [6, 6.07) is 5.36. The Hall–Kier alpha value is -1.46. The van der Waals surface area contributed by atoms with Crippen molar-refractivity contribution in [3.05, 3.63) is 56.2 Å². The van der Waals surface area contributed by atoms with Crippen LogP contribution >= 0.6 is 22.9 Å². The van der Waals surface area contributed by atoms with Gasteiger partial charge in [-0.3, -0.25) is 4.79 Å². The first kappa shape index (κ1) is 15.4. The molecule has 1 amide bonds. The van der Waals surface area contributed by atoms with Crippen LogP contribution in [0.2, 0.25) is 5.02 Å². The molecule has 6 heteroatoms. The van der Waals surface area contributed by atoms with Gasteiger partial charge in [0, 0.05) is 17.1 Å². The van der Waals surface area contributed by atoms with Crippen molar-refractivity contribution >= 4 is 28.8 Å².